The van der Waals surface area contributed by atoms with E-state index < -0.39 is 11.0 Å². The number of hydrogen-bond acceptors (Lipinski definition) is 4. The number of alkyl halides is 2. The molecule has 1 heterocycles. The van der Waals surface area contributed by atoms with Crippen molar-refractivity contribution < 1.29 is 19.1 Å². The molecule has 0 aromatic heterocycles. The molecule has 4 fully saturated rings. The molecular weight excluding hydrogens is 488 g/mol. The van der Waals surface area contributed by atoms with Gasteiger partial charge in [0, 0.05) is 22.5 Å². The molecule has 0 aromatic rings. The average molecular weight is 520 g/mol. The van der Waals surface area contributed by atoms with Crippen LogP contribution < -0.4 is 0 Å². The first kappa shape index (κ1) is 21.1. The molecule has 28 heavy (non-hydrogen) atoms. The number of rotatable bonds is 3. The molecule has 0 radical (unpaired) electrons. The Bertz CT molecular complexity index is 694. The molecule has 6 heteroatoms. The van der Waals surface area contributed by atoms with E-state index in [4.69, 9.17) is 9.47 Å². The second-order valence-electron chi connectivity index (χ2n) is 10.7. The van der Waals surface area contributed by atoms with Crippen molar-refractivity contribution >= 4 is 43.8 Å². The van der Waals surface area contributed by atoms with Gasteiger partial charge in [0.1, 0.15) is 11.2 Å². The maximum Gasteiger partial charge on any atom is 0.314 e. The molecular formula is C22H32Br2O4. The molecule has 0 aromatic carbocycles. The summed E-state index contributed by atoms with van der Waals surface area (Å²) in [6.45, 7) is 8.17. The standard InChI is InChI=1S/C22H32Br2O4/c1-13(25)27-21(9-7-15(23)19(2,3)12-21)11-14-5-10-22-16(24)6-8-20(4,17(14)22)28-18(22)26/h14-17H,5-12H2,1-4H3/t14-,15-,16-,17+,20?,21-,22-/m0/s1. The van der Waals surface area contributed by atoms with Gasteiger partial charge < -0.3 is 9.47 Å². The van der Waals surface area contributed by atoms with Gasteiger partial charge >= 0.3 is 11.9 Å². The van der Waals surface area contributed by atoms with Crippen molar-refractivity contribution in [1.82, 2.24) is 0 Å². The highest BCUT2D eigenvalue weighted by Gasteiger charge is 2.72. The molecule has 1 saturated heterocycles. The second-order valence-corrected chi connectivity index (χ2v) is 12.9. The molecule has 158 valence electrons. The van der Waals surface area contributed by atoms with E-state index in [2.05, 4.69) is 52.6 Å². The average Bonchev–Trinajstić information content (AvgIpc) is 3.03. The third-order valence-electron chi connectivity index (χ3n) is 8.25. The first-order valence-electron chi connectivity index (χ1n) is 10.7. The normalized spacial score (nSPS) is 49.4. The highest BCUT2D eigenvalue weighted by Crippen LogP contribution is 2.68. The third kappa shape index (κ3) is 3.02. The Morgan fingerprint density at radius 3 is 2.43 bits per heavy atom. The summed E-state index contributed by atoms with van der Waals surface area (Å²) < 4.78 is 12.1. The number of hydrogen-bond donors (Lipinski definition) is 0. The van der Waals surface area contributed by atoms with Crippen LogP contribution in [0.15, 0.2) is 0 Å². The van der Waals surface area contributed by atoms with Crippen LogP contribution in [-0.2, 0) is 19.1 Å². The summed E-state index contributed by atoms with van der Waals surface area (Å²) >= 11 is 7.68. The summed E-state index contributed by atoms with van der Waals surface area (Å²) in [5, 5.41) is 0. The monoisotopic (exact) mass is 518 g/mol. The molecule has 4 aliphatic rings. The molecule has 3 aliphatic carbocycles. The molecule has 2 bridgehead atoms. The summed E-state index contributed by atoms with van der Waals surface area (Å²) in [7, 11) is 0. The minimum Gasteiger partial charge on any atom is -0.459 e. The van der Waals surface area contributed by atoms with Crippen molar-refractivity contribution in [1.29, 1.82) is 0 Å². The molecule has 1 aliphatic heterocycles. The predicted molar refractivity (Wildman–Crippen MR) is 115 cm³/mol. The zero-order valence-electron chi connectivity index (χ0n) is 17.4. The first-order valence-corrected chi connectivity index (χ1v) is 12.5. The van der Waals surface area contributed by atoms with Crippen LogP contribution in [0.4, 0.5) is 0 Å². The zero-order chi connectivity index (χ0) is 20.5. The van der Waals surface area contributed by atoms with E-state index in [-0.39, 0.29) is 33.7 Å². The van der Waals surface area contributed by atoms with E-state index in [1.807, 2.05) is 0 Å². The van der Waals surface area contributed by atoms with Gasteiger partial charge in [-0.15, -0.1) is 0 Å². The first-order chi connectivity index (χ1) is 12.9. The van der Waals surface area contributed by atoms with Gasteiger partial charge in [0.05, 0.1) is 5.41 Å². The Morgan fingerprint density at radius 1 is 1.11 bits per heavy atom. The summed E-state index contributed by atoms with van der Waals surface area (Å²) in [6, 6.07) is 0. The lowest BCUT2D eigenvalue weighted by molar-refractivity contribution is -0.169. The molecule has 7 atom stereocenters. The fourth-order valence-electron chi connectivity index (χ4n) is 7.28. The summed E-state index contributed by atoms with van der Waals surface area (Å²) in [5.74, 6) is 0.356. The van der Waals surface area contributed by atoms with Crippen LogP contribution in [0.5, 0.6) is 0 Å². The van der Waals surface area contributed by atoms with E-state index in [9.17, 15) is 9.59 Å². The zero-order valence-corrected chi connectivity index (χ0v) is 20.5. The van der Waals surface area contributed by atoms with E-state index in [1.54, 1.807) is 0 Å². The number of esters is 2. The molecule has 3 saturated carbocycles. The fourth-order valence-corrected chi connectivity index (χ4v) is 8.60. The fraction of sp³-hybridized carbons (Fsp3) is 0.909. The SMILES string of the molecule is CC(=O)O[C@]1(C[C@@H]2CC[C@]34C(=O)OC(C)(CC[C@@H]3Br)[C@@H]24)CC[C@H](Br)C(C)(C)C1. The summed E-state index contributed by atoms with van der Waals surface area (Å²) in [5.41, 5.74) is -1.14. The Balaban J connectivity index is 1.65. The largest absolute Gasteiger partial charge is 0.459 e. The third-order valence-corrected chi connectivity index (χ3v) is 11.2. The van der Waals surface area contributed by atoms with E-state index >= 15 is 0 Å². The Morgan fingerprint density at radius 2 is 1.79 bits per heavy atom. The quantitative estimate of drug-likeness (QED) is 0.363. The Labute approximate surface area is 185 Å². The van der Waals surface area contributed by atoms with Crippen LogP contribution in [0.1, 0.15) is 79.1 Å². The van der Waals surface area contributed by atoms with Crippen LogP contribution in [0.2, 0.25) is 0 Å². The van der Waals surface area contributed by atoms with Crippen molar-refractivity contribution in [3.8, 4) is 0 Å². The van der Waals surface area contributed by atoms with Gasteiger partial charge in [0.15, 0.2) is 0 Å². The maximum absolute atomic E-state index is 13.0. The molecule has 4 rings (SSSR count). The van der Waals surface area contributed by atoms with Gasteiger partial charge in [-0.25, -0.2) is 0 Å². The molecule has 0 N–H and O–H groups in total. The van der Waals surface area contributed by atoms with Gasteiger partial charge in [-0.3, -0.25) is 9.59 Å². The smallest absolute Gasteiger partial charge is 0.314 e. The van der Waals surface area contributed by atoms with Crippen molar-refractivity contribution in [2.75, 3.05) is 0 Å². The van der Waals surface area contributed by atoms with Crippen molar-refractivity contribution in [3.05, 3.63) is 0 Å². The number of carbonyl (C=O) groups is 2. The van der Waals surface area contributed by atoms with E-state index in [0.29, 0.717) is 10.7 Å². The van der Waals surface area contributed by atoms with Crippen LogP contribution >= 0.6 is 31.9 Å². The lowest BCUT2D eigenvalue weighted by Crippen LogP contribution is -2.52. The van der Waals surface area contributed by atoms with E-state index in [1.165, 1.54) is 6.92 Å². The topological polar surface area (TPSA) is 52.6 Å². The van der Waals surface area contributed by atoms with Crippen molar-refractivity contribution in [3.63, 3.8) is 0 Å². The highest BCUT2D eigenvalue weighted by atomic mass is 79.9. The molecule has 0 amide bonds. The van der Waals surface area contributed by atoms with Crippen LogP contribution in [0.25, 0.3) is 0 Å². The van der Waals surface area contributed by atoms with Gasteiger partial charge in [0.25, 0.3) is 0 Å². The lowest BCUT2D eigenvalue weighted by Gasteiger charge is -2.49. The minimum absolute atomic E-state index is 0.00657. The second kappa shape index (κ2) is 6.70. The van der Waals surface area contributed by atoms with E-state index in [0.717, 1.165) is 51.4 Å². The predicted octanol–water partition coefficient (Wildman–Crippen LogP) is 5.54. The molecule has 1 unspecified atom stereocenters. The summed E-state index contributed by atoms with van der Waals surface area (Å²) in [4.78, 5) is 25.6. The van der Waals surface area contributed by atoms with Crippen molar-refractivity contribution in [2.24, 2.45) is 22.7 Å². The highest BCUT2D eigenvalue weighted by molar-refractivity contribution is 9.09. The van der Waals surface area contributed by atoms with Gasteiger partial charge in [-0.1, -0.05) is 45.7 Å². The Kier molecular flexibility index (Phi) is 5.06. The van der Waals surface area contributed by atoms with Crippen molar-refractivity contribution in [2.45, 2.75) is 99.9 Å². The number of halogens is 2. The Hall–Kier alpha value is -0.100. The number of carbonyl (C=O) groups excluding carboxylic acids is 2. The molecule has 0 spiro atoms. The number of ether oxygens (including phenoxy) is 2. The van der Waals surface area contributed by atoms with Crippen LogP contribution in [0.3, 0.4) is 0 Å². The molecule has 4 nitrogen and oxygen atoms in total. The summed E-state index contributed by atoms with van der Waals surface area (Å²) in [6.07, 6.45) is 7.36. The van der Waals surface area contributed by atoms with Gasteiger partial charge in [-0.2, -0.15) is 0 Å². The maximum atomic E-state index is 13.0. The van der Waals surface area contributed by atoms with Gasteiger partial charge in [0.2, 0.25) is 0 Å². The minimum atomic E-state index is -0.437. The lowest BCUT2D eigenvalue weighted by atomic mass is 9.59. The van der Waals surface area contributed by atoms with Crippen LogP contribution in [-0.4, -0.2) is 32.8 Å². The van der Waals surface area contributed by atoms with Crippen LogP contribution in [0, 0.1) is 22.7 Å². The van der Waals surface area contributed by atoms with Gasteiger partial charge in [-0.05, 0) is 69.6 Å².